The van der Waals surface area contributed by atoms with Crippen molar-refractivity contribution in [3.63, 3.8) is 0 Å². The molecule has 0 aromatic heterocycles. The standard InChI is InChI=1S/C12H24N2O2/c1-9-6-14(8-11(9)13(3)4)7-10(2)12(15)16-5/h9-11H,6-8H2,1-5H3. The number of likely N-dealkylation sites (tertiary alicyclic amines) is 1. The number of esters is 1. The summed E-state index contributed by atoms with van der Waals surface area (Å²) in [7, 11) is 5.69. The molecule has 94 valence electrons. The van der Waals surface area contributed by atoms with Crippen molar-refractivity contribution in [1.29, 1.82) is 0 Å². The van der Waals surface area contributed by atoms with Crippen LogP contribution in [0.4, 0.5) is 0 Å². The van der Waals surface area contributed by atoms with Gasteiger partial charge in [-0.25, -0.2) is 0 Å². The molecule has 1 aliphatic heterocycles. The van der Waals surface area contributed by atoms with Gasteiger partial charge in [-0.05, 0) is 20.0 Å². The number of nitrogens with zero attached hydrogens (tertiary/aromatic N) is 2. The Morgan fingerprint density at radius 1 is 1.50 bits per heavy atom. The maximum atomic E-state index is 11.3. The number of hydrogen-bond acceptors (Lipinski definition) is 4. The van der Waals surface area contributed by atoms with E-state index in [9.17, 15) is 4.79 Å². The van der Waals surface area contributed by atoms with Gasteiger partial charge in [0.15, 0.2) is 0 Å². The monoisotopic (exact) mass is 228 g/mol. The van der Waals surface area contributed by atoms with Gasteiger partial charge in [0, 0.05) is 25.7 Å². The van der Waals surface area contributed by atoms with Crippen LogP contribution in [-0.2, 0) is 9.53 Å². The molecule has 0 N–H and O–H groups in total. The van der Waals surface area contributed by atoms with E-state index in [1.807, 2.05) is 6.92 Å². The fourth-order valence-electron chi connectivity index (χ4n) is 2.53. The number of hydrogen-bond donors (Lipinski definition) is 0. The number of methoxy groups -OCH3 is 1. The smallest absolute Gasteiger partial charge is 0.309 e. The molecule has 0 spiro atoms. The molecule has 1 fully saturated rings. The van der Waals surface area contributed by atoms with Gasteiger partial charge in [-0.1, -0.05) is 13.8 Å². The van der Waals surface area contributed by atoms with Crippen LogP contribution in [0.15, 0.2) is 0 Å². The molecule has 4 nitrogen and oxygen atoms in total. The zero-order valence-electron chi connectivity index (χ0n) is 11.1. The molecule has 4 heteroatoms. The van der Waals surface area contributed by atoms with Gasteiger partial charge in [0.1, 0.15) is 0 Å². The molecule has 3 atom stereocenters. The fraction of sp³-hybridized carbons (Fsp3) is 0.917. The first-order chi connectivity index (χ1) is 7.45. The highest BCUT2D eigenvalue weighted by Gasteiger charge is 2.32. The summed E-state index contributed by atoms with van der Waals surface area (Å²) in [5.41, 5.74) is 0. The Bertz CT molecular complexity index is 243. The number of rotatable bonds is 4. The summed E-state index contributed by atoms with van der Waals surface area (Å²) in [6.45, 7) is 7.13. The first kappa shape index (κ1) is 13.5. The van der Waals surface area contributed by atoms with Gasteiger partial charge in [-0.2, -0.15) is 0 Å². The van der Waals surface area contributed by atoms with E-state index in [0.29, 0.717) is 12.0 Å². The van der Waals surface area contributed by atoms with Crippen LogP contribution in [0.1, 0.15) is 13.8 Å². The number of likely N-dealkylation sites (N-methyl/N-ethyl adjacent to an activating group) is 1. The molecule has 1 rings (SSSR count). The Morgan fingerprint density at radius 3 is 2.56 bits per heavy atom. The molecular weight excluding hydrogens is 204 g/mol. The minimum atomic E-state index is -0.110. The van der Waals surface area contributed by atoms with Crippen LogP contribution in [0, 0.1) is 11.8 Å². The van der Waals surface area contributed by atoms with Crippen LogP contribution in [0.2, 0.25) is 0 Å². The molecule has 0 bridgehead atoms. The highest BCUT2D eigenvalue weighted by molar-refractivity contribution is 5.72. The zero-order chi connectivity index (χ0) is 12.3. The predicted octanol–water partition coefficient (Wildman–Crippen LogP) is 0.677. The van der Waals surface area contributed by atoms with Gasteiger partial charge in [-0.15, -0.1) is 0 Å². The minimum absolute atomic E-state index is 0.0295. The highest BCUT2D eigenvalue weighted by atomic mass is 16.5. The average molecular weight is 228 g/mol. The lowest BCUT2D eigenvalue weighted by molar-refractivity contribution is -0.145. The number of ether oxygens (including phenoxy) is 1. The van der Waals surface area contributed by atoms with Crippen LogP contribution in [0.5, 0.6) is 0 Å². The largest absolute Gasteiger partial charge is 0.469 e. The normalized spacial score (nSPS) is 28.4. The molecule has 0 aliphatic carbocycles. The van der Waals surface area contributed by atoms with E-state index in [4.69, 9.17) is 4.74 Å². The lowest BCUT2D eigenvalue weighted by Gasteiger charge is -2.23. The van der Waals surface area contributed by atoms with Crippen molar-refractivity contribution in [3.8, 4) is 0 Å². The summed E-state index contributed by atoms with van der Waals surface area (Å²) in [6, 6.07) is 0.602. The average Bonchev–Trinajstić information content (AvgIpc) is 2.58. The topological polar surface area (TPSA) is 32.8 Å². The van der Waals surface area contributed by atoms with Gasteiger partial charge < -0.3 is 14.5 Å². The van der Waals surface area contributed by atoms with Gasteiger partial charge in [0.2, 0.25) is 0 Å². The number of carbonyl (C=O) groups excluding carboxylic acids is 1. The highest BCUT2D eigenvalue weighted by Crippen LogP contribution is 2.20. The van der Waals surface area contributed by atoms with Gasteiger partial charge in [0.05, 0.1) is 13.0 Å². The predicted molar refractivity (Wildman–Crippen MR) is 64.3 cm³/mol. The summed E-state index contributed by atoms with van der Waals surface area (Å²) in [6.07, 6.45) is 0. The number of carbonyl (C=O) groups is 1. The van der Waals surface area contributed by atoms with Gasteiger partial charge in [-0.3, -0.25) is 4.79 Å². The van der Waals surface area contributed by atoms with Crippen molar-refractivity contribution in [2.45, 2.75) is 19.9 Å². The Labute approximate surface area is 98.5 Å². The van der Waals surface area contributed by atoms with Crippen molar-refractivity contribution in [3.05, 3.63) is 0 Å². The molecule has 0 aromatic rings. The van der Waals surface area contributed by atoms with E-state index in [1.165, 1.54) is 7.11 Å². The Hall–Kier alpha value is -0.610. The third-order valence-corrected chi connectivity index (χ3v) is 3.45. The van der Waals surface area contributed by atoms with E-state index in [1.54, 1.807) is 0 Å². The quantitative estimate of drug-likeness (QED) is 0.662. The summed E-state index contributed by atoms with van der Waals surface area (Å²) in [5.74, 6) is 0.527. The summed E-state index contributed by atoms with van der Waals surface area (Å²) in [5, 5.41) is 0. The van der Waals surface area contributed by atoms with Crippen LogP contribution in [-0.4, -0.2) is 62.7 Å². The molecule has 0 radical (unpaired) electrons. The Balaban J connectivity index is 2.44. The van der Waals surface area contributed by atoms with E-state index in [0.717, 1.165) is 19.6 Å². The minimum Gasteiger partial charge on any atom is -0.469 e. The fourth-order valence-corrected chi connectivity index (χ4v) is 2.53. The molecule has 16 heavy (non-hydrogen) atoms. The first-order valence-electron chi connectivity index (χ1n) is 5.92. The van der Waals surface area contributed by atoms with Crippen LogP contribution in [0.25, 0.3) is 0 Å². The molecule has 1 saturated heterocycles. The van der Waals surface area contributed by atoms with Gasteiger partial charge >= 0.3 is 5.97 Å². The Kier molecular flexibility index (Phi) is 4.74. The molecule has 1 aliphatic rings. The maximum Gasteiger partial charge on any atom is 0.309 e. The summed E-state index contributed by atoms with van der Waals surface area (Å²) >= 11 is 0. The van der Waals surface area contributed by atoms with E-state index < -0.39 is 0 Å². The van der Waals surface area contributed by atoms with Gasteiger partial charge in [0.25, 0.3) is 0 Å². The third-order valence-electron chi connectivity index (χ3n) is 3.45. The maximum absolute atomic E-state index is 11.3. The first-order valence-corrected chi connectivity index (χ1v) is 5.92. The molecule has 0 aromatic carbocycles. The third kappa shape index (κ3) is 3.19. The van der Waals surface area contributed by atoms with Crippen molar-refractivity contribution in [1.82, 2.24) is 9.80 Å². The molecule has 3 unspecified atom stereocenters. The van der Waals surface area contributed by atoms with Crippen LogP contribution >= 0.6 is 0 Å². The summed E-state index contributed by atoms with van der Waals surface area (Å²) < 4.78 is 4.75. The van der Waals surface area contributed by atoms with E-state index in [-0.39, 0.29) is 11.9 Å². The zero-order valence-corrected chi connectivity index (χ0v) is 11.1. The second kappa shape index (κ2) is 5.64. The molecular formula is C12H24N2O2. The van der Waals surface area contributed by atoms with Crippen molar-refractivity contribution < 1.29 is 9.53 Å². The second-order valence-electron chi connectivity index (χ2n) is 5.15. The van der Waals surface area contributed by atoms with E-state index >= 15 is 0 Å². The van der Waals surface area contributed by atoms with Crippen molar-refractivity contribution in [2.24, 2.45) is 11.8 Å². The van der Waals surface area contributed by atoms with Crippen molar-refractivity contribution >= 4 is 5.97 Å². The Morgan fingerprint density at radius 2 is 2.12 bits per heavy atom. The second-order valence-corrected chi connectivity index (χ2v) is 5.15. The SMILES string of the molecule is COC(=O)C(C)CN1CC(C)C(N(C)C)C1. The molecule has 0 amide bonds. The molecule has 0 saturated carbocycles. The molecule has 1 heterocycles. The lowest BCUT2D eigenvalue weighted by Crippen LogP contribution is -2.36. The summed E-state index contributed by atoms with van der Waals surface area (Å²) in [4.78, 5) is 16.0. The van der Waals surface area contributed by atoms with Crippen LogP contribution < -0.4 is 0 Å². The van der Waals surface area contributed by atoms with Crippen molar-refractivity contribution in [2.75, 3.05) is 40.8 Å². The van der Waals surface area contributed by atoms with Crippen LogP contribution in [0.3, 0.4) is 0 Å². The van der Waals surface area contributed by atoms with E-state index in [2.05, 4.69) is 30.8 Å². The lowest BCUT2D eigenvalue weighted by atomic mass is 10.1.